The molecule has 0 bridgehead atoms. The number of benzene rings is 1. The number of nitrogens with zero attached hydrogens (tertiary/aromatic N) is 4. The van der Waals surface area contributed by atoms with E-state index in [2.05, 4.69) is 20.5 Å². The summed E-state index contributed by atoms with van der Waals surface area (Å²) in [5, 5.41) is 10.3. The summed E-state index contributed by atoms with van der Waals surface area (Å²) in [6.07, 6.45) is 3.45. The number of para-hydroxylation sites is 2. The third-order valence-corrected chi connectivity index (χ3v) is 5.01. The second-order valence-electron chi connectivity index (χ2n) is 6.94. The fraction of sp³-hybridized carbons (Fsp3) is 0.556. The third kappa shape index (κ3) is 3.30. The van der Waals surface area contributed by atoms with Crippen LogP contribution in [-0.2, 0) is 11.3 Å². The van der Waals surface area contributed by atoms with Gasteiger partial charge in [-0.05, 0) is 25.0 Å². The maximum atomic E-state index is 12.2. The van der Waals surface area contributed by atoms with Crippen molar-refractivity contribution in [1.82, 2.24) is 19.4 Å². The van der Waals surface area contributed by atoms with Crippen LogP contribution in [0, 0.1) is 5.92 Å². The van der Waals surface area contributed by atoms with Crippen molar-refractivity contribution < 1.29 is 9.90 Å². The third-order valence-electron chi connectivity index (χ3n) is 5.01. The maximum Gasteiger partial charge on any atom is 0.225 e. The van der Waals surface area contributed by atoms with E-state index in [4.69, 9.17) is 0 Å². The minimum atomic E-state index is -0.463. The predicted molar refractivity (Wildman–Crippen MR) is 91.5 cm³/mol. The van der Waals surface area contributed by atoms with Crippen molar-refractivity contribution in [3.63, 3.8) is 0 Å². The van der Waals surface area contributed by atoms with Crippen molar-refractivity contribution in [3.05, 3.63) is 30.6 Å². The molecule has 1 aromatic carbocycles. The molecule has 1 saturated carbocycles. The summed E-state index contributed by atoms with van der Waals surface area (Å²) in [6, 6.07) is 8.12. The van der Waals surface area contributed by atoms with Crippen LogP contribution in [0.25, 0.3) is 11.0 Å². The van der Waals surface area contributed by atoms with Gasteiger partial charge in [0, 0.05) is 45.2 Å². The second-order valence-corrected chi connectivity index (χ2v) is 6.94. The number of amides is 1. The lowest BCUT2D eigenvalue weighted by Gasteiger charge is -2.22. The van der Waals surface area contributed by atoms with Crippen LogP contribution < -0.4 is 0 Å². The summed E-state index contributed by atoms with van der Waals surface area (Å²) in [5.41, 5.74) is 2.15. The Bertz CT molecular complexity index is 725. The average Bonchev–Trinajstić information content (AvgIpc) is 3.38. The van der Waals surface area contributed by atoms with Gasteiger partial charge in [0.2, 0.25) is 5.91 Å². The number of aliphatic hydroxyl groups is 1. The van der Waals surface area contributed by atoms with Crippen molar-refractivity contribution in [2.75, 3.05) is 32.7 Å². The Labute approximate surface area is 141 Å². The van der Waals surface area contributed by atoms with Gasteiger partial charge in [-0.2, -0.15) is 0 Å². The first-order chi connectivity index (χ1) is 11.7. The number of hydrogen-bond donors (Lipinski definition) is 1. The molecule has 1 aliphatic carbocycles. The smallest absolute Gasteiger partial charge is 0.225 e. The quantitative estimate of drug-likeness (QED) is 0.908. The summed E-state index contributed by atoms with van der Waals surface area (Å²) in [5.74, 6) is 0.456. The monoisotopic (exact) mass is 328 g/mol. The number of rotatable bonds is 4. The Morgan fingerprint density at radius 2 is 2.00 bits per heavy atom. The van der Waals surface area contributed by atoms with Crippen LogP contribution in [0.4, 0.5) is 0 Å². The summed E-state index contributed by atoms with van der Waals surface area (Å²) in [4.78, 5) is 20.8. The molecule has 0 radical (unpaired) electrons. The molecule has 6 nitrogen and oxygen atoms in total. The van der Waals surface area contributed by atoms with Gasteiger partial charge in [0.1, 0.15) is 0 Å². The molecule has 6 heteroatoms. The molecule has 1 aromatic heterocycles. The molecule has 24 heavy (non-hydrogen) atoms. The van der Waals surface area contributed by atoms with E-state index in [1.807, 2.05) is 29.4 Å². The highest BCUT2D eigenvalue weighted by Gasteiger charge is 2.35. The first-order valence-electron chi connectivity index (χ1n) is 8.80. The Balaban J connectivity index is 1.37. The lowest BCUT2D eigenvalue weighted by Crippen LogP contribution is -2.38. The Morgan fingerprint density at radius 3 is 2.83 bits per heavy atom. The first-order valence-corrected chi connectivity index (χ1v) is 8.80. The zero-order valence-corrected chi connectivity index (χ0v) is 13.8. The molecule has 1 atom stereocenters. The van der Waals surface area contributed by atoms with Crippen molar-refractivity contribution >= 4 is 16.9 Å². The lowest BCUT2D eigenvalue weighted by molar-refractivity contribution is -0.133. The van der Waals surface area contributed by atoms with Gasteiger partial charge < -0.3 is 14.6 Å². The maximum absolute atomic E-state index is 12.2. The molecule has 2 aliphatic rings. The second kappa shape index (κ2) is 6.53. The van der Waals surface area contributed by atoms with Crippen molar-refractivity contribution in [3.8, 4) is 0 Å². The zero-order chi connectivity index (χ0) is 16.5. The Kier molecular flexibility index (Phi) is 4.24. The van der Waals surface area contributed by atoms with Gasteiger partial charge in [0.05, 0.1) is 23.5 Å². The number of imidazole rings is 1. The average molecular weight is 328 g/mol. The number of aliphatic hydroxyl groups excluding tert-OH is 1. The molecule has 2 fully saturated rings. The van der Waals surface area contributed by atoms with Crippen molar-refractivity contribution in [1.29, 1.82) is 0 Å². The minimum Gasteiger partial charge on any atom is -0.390 e. The van der Waals surface area contributed by atoms with E-state index in [1.54, 1.807) is 0 Å². The molecule has 2 heterocycles. The molecule has 0 unspecified atom stereocenters. The van der Waals surface area contributed by atoms with Crippen LogP contribution in [0.15, 0.2) is 30.6 Å². The molecule has 1 amide bonds. The highest BCUT2D eigenvalue weighted by atomic mass is 16.3. The topological polar surface area (TPSA) is 61.6 Å². The zero-order valence-electron chi connectivity index (χ0n) is 13.8. The molecule has 1 N–H and O–H groups in total. The van der Waals surface area contributed by atoms with Crippen LogP contribution in [0.3, 0.4) is 0 Å². The molecular formula is C18H24N4O2. The normalized spacial score (nSPS) is 22.7. The fourth-order valence-electron chi connectivity index (χ4n) is 3.48. The highest BCUT2D eigenvalue weighted by Crippen LogP contribution is 2.31. The number of aromatic nitrogens is 2. The SMILES string of the molecule is O=C(C1CC1)N1CCN(CCn2cnc3ccccc32)C[C@@H](O)C1. The van der Waals surface area contributed by atoms with Crippen LogP contribution in [0.1, 0.15) is 12.8 Å². The van der Waals surface area contributed by atoms with E-state index in [0.29, 0.717) is 13.1 Å². The van der Waals surface area contributed by atoms with Crippen LogP contribution in [0.5, 0.6) is 0 Å². The van der Waals surface area contributed by atoms with Crippen LogP contribution >= 0.6 is 0 Å². The van der Waals surface area contributed by atoms with E-state index in [9.17, 15) is 9.90 Å². The van der Waals surface area contributed by atoms with E-state index in [0.717, 1.165) is 50.1 Å². The number of β-amino-alcohol motifs (C(OH)–C–C–N with tert-alkyl or cyclic N) is 1. The highest BCUT2D eigenvalue weighted by molar-refractivity contribution is 5.81. The number of fused-ring (bicyclic) bond motifs is 1. The van der Waals surface area contributed by atoms with E-state index >= 15 is 0 Å². The van der Waals surface area contributed by atoms with E-state index < -0.39 is 6.10 Å². The van der Waals surface area contributed by atoms with Crippen LogP contribution in [0.2, 0.25) is 0 Å². The Morgan fingerprint density at radius 1 is 1.17 bits per heavy atom. The molecule has 128 valence electrons. The molecule has 1 saturated heterocycles. The number of hydrogen-bond acceptors (Lipinski definition) is 4. The van der Waals surface area contributed by atoms with Gasteiger partial charge in [-0.25, -0.2) is 4.98 Å². The van der Waals surface area contributed by atoms with Gasteiger partial charge in [-0.15, -0.1) is 0 Å². The van der Waals surface area contributed by atoms with Gasteiger partial charge in [0.15, 0.2) is 0 Å². The Hall–Kier alpha value is -1.92. The molecule has 4 rings (SSSR count). The number of carbonyl (C=O) groups is 1. The van der Waals surface area contributed by atoms with Crippen LogP contribution in [-0.4, -0.2) is 69.2 Å². The molecule has 0 spiro atoms. The molecule has 2 aromatic rings. The number of carbonyl (C=O) groups excluding carboxylic acids is 1. The summed E-state index contributed by atoms with van der Waals surface area (Å²) < 4.78 is 2.15. The van der Waals surface area contributed by atoms with E-state index in [-0.39, 0.29) is 11.8 Å². The minimum absolute atomic E-state index is 0.223. The van der Waals surface area contributed by atoms with Gasteiger partial charge >= 0.3 is 0 Å². The van der Waals surface area contributed by atoms with Gasteiger partial charge in [-0.3, -0.25) is 9.69 Å². The fourth-order valence-corrected chi connectivity index (χ4v) is 3.48. The largest absolute Gasteiger partial charge is 0.390 e. The molecule has 1 aliphatic heterocycles. The standard InChI is InChI=1S/C18H24N4O2/c23-15-11-20(7-9-21(12-15)18(24)14-5-6-14)8-10-22-13-19-16-3-1-2-4-17(16)22/h1-4,13-15,23H,5-12H2/t15-/m1/s1. The summed E-state index contributed by atoms with van der Waals surface area (Å²) in [7, 11) is 0. The first kappa shape index (κ1) is 15.6. The molecular weight excluding hydrogens is 304 g/mol. The van der Waals surface area contributed by atoms with Gasteiger partial charge in [-0.1, -0.05) is 12.1 Å². The lowest BCUT2D eigenvalue weighted by atomic mass is 10.3. The van der Waals surface area contributed by atoms with Gasteiger partial charge in [0.25, 0.3) is 0 Å². The summed E-state index contributed by atoms with van der Waals surface area (Å²) in [6.45, 7) is 4.33. The van der Waals surface area contributed by atoms with Crippen molar-refractivity contribution in [2.45, 2.75) is 25.5 Å². The van der Waals surface area contributed by atoms with E-state index in [1.165, 1.54) is 0 Å². The van der Waals surface area contributed by atoms with Crippen molar-refractivity contribution in [2.24, 2.45) is 5.92 Å². The predicted octanol–water partition coefficient (Wildman–Crippen LogP) is 0.951. The summed E-state index contributed by atoms with van der Waals surface area (Å²) >= 11 is 0.